The van der Waals surface area contributed by atoms with Gasteiger partial charge >= 0.3 is 5.97 Å². The zero-order chi connectivity index (χ0) is 10.6. The predicted octanol–water partition coefficient (Wildman–Crippen LogP) is 1.74. The van der Waals surface area contributed by atoms with E-state index in [1.165, 1.54) is 12.1 Å². The van der Waals surface area contributed by atoms with Crippen molar-refractivity contribution >= 4 is 21.9 Å². The fraction of sp³-hybridized carbons (Fsp3) is 0.222. The third kappa shape index (κ3) is 2.78. The lowest BCUT2D eigenvalue weighted by molar-refractivity contribution is 0.0432. The molecule has 0 bridgehead atoms. The highest BCUT2D eigenvalue weighted by molar-refractivity contribution is 9.10. The maximum atomic E-state index is 12.8. The van der Waals surface area contributed by atoms with Crippen LogP contribution in [0, 0.1) is 5.82 Å². The molecule has 1 N–H and O–H groups in total. The van der Waals surface area contributed by atoms with Gasteiger partial charge in [-0.25, -0.2) is 9.18 Å². The molecular formula is C9H8BrFO3. The number of halogens is 2. The highest BCUT2D eigenvalue weighted by atomic mass is 79.9. The molecule has 0 aliphatic heterocycles. The molecule has 0 amide bonds. The predicted molar refractivity (Wildman–Crippen MR) is 51.5 cm³/mol. The number of ether oxygens (including phenoxy) is 1. The maximum Gasteiger partial charge on any atom is 0.339 e. The zero-order valence-electron chi connectivity index (χ0n) is 7.17. The summed E-state index contributed by atoms with van der Waals surface area (Å²) in [4.78, 5) is 11.2. The molecular weight excluding hydrogens is 255 g/mol. The van der Waals surface area contributed by atoms with E-state index in [-0.39, 0.29) is 18.8 Å². The summed E-state index contributed by atoms with van der Waals surface area (Å²) in [5.74, 6) is -1.17. The summed E-state index contributed by atoms with van der Waals surface area (Å²) in [6, 6.07) is 3.72. The molecule has 0 saturated carbocycles. The third-order valence-electron chi connectivity index (χ3n) is 1.47. The van der Waals surface area contributed by atoms with Gasteiger partial charge in [-0.2, -0.15) is 0 Å². The lowest BCUT2D eigenvalue weighted by Crippen LogP contribution is -2.09. The monoisotopic (exact) mass is 262 g/mol. The van der Waals surface area contributed by atoms with Crippen LogP contribution in [0.4, 0.5) is 4.39 Å². The van der Waals surface area contributed by atoms with Gasteiger partial charge in [0.25, 0.3) is 0 Å². The standard InChI is InChI=1S/C9H8BrFO3/c10-8-2-1-6(11)5-7(8)9(13)14-4-3-12/h1-2,5,12H,3-4H2. The topological polar surface area (TPSA) is 46.5 Å². The van der Waals surface area contributed by atoms with E-state index in [2.05, 4.69) is 20.7 Å². The van der Waals surface area contributed by atoms with Gasteiger partial charge in [-0.05, 0) is 34.1 Å². The Morgan fingerprint density at radius 3 is 2.93 bits per heavy atom. The van der Waals surface area contributed by atoms with Crippen LogP contribution < -0.4 is 0 Å². The molecule has 3 nitrogen and oxygen atoms in total. The minimum Gasteiger partial charge on any atom is -0.460 e. The minimum atomic E-state index is -0.662. The van der Waals surface area contributed by atoms with Gasteiger partial charge in [0.05, 0.1) is 12.2 Å². The number of carbonyl (C=O) groups is 1. The molecule has 0 fully saturated rings. The summed E-state index contributed by atoms with van der Waals surface area (Å²) in [6.45, 7) is -0.347. The lowest BCUT2D eigenvalue weighted by atomic mass is 10.2. The molecule has 76 valence electrons. The first kappa shape index (κ1) is 11.1. The van der Waals surface area contributed by atoms with Crippen LogP contribution in [0.25, 0.3) is 0 Å². The van der Waals surface area contributed by atoms with Crippen LogP contribution in [-0.2, 0) is 4.74 Å². The van der Waals surface area contributed by atoms with E-state index in [1.807, 2.05) is 0 Å². The highest BCUT2D eigenvalue weighted by Crippen LogP contribution is 2.18. The van der Waals surface area contributed by atoms with Crippen molar-refractivity contribution in [1.29, 1.82) is 0 Å². The SMILES string of the molecule is O=C(OCCO)c1cc(F)ccc1Br. The van der Waals surface area contributed by atoms with Crippen LogP contribution in [-0.4, -0.2) is 24.3 Å². The number of carbonyl (C=O) groups excluding carboxylic acids is 1. The molecule has 0 heterocycles. The van der Waals surface area contributed by atoms with E-state index in [0.29, 0.717) is 4.47 Å². The summed E-state index contributed by atoms with van der Waals surface area (Å²) in [6.07, 6.45) is 0. The van der Waals surface area contributed by atoms with Gasteiger partial charge in [0, 0.05) is 4.47 Å². The van der Waals surface area contributed by atoms with Crippen LogP contribution in [0.2, 0.25) is 0 Å². The number of benzene rings is 1. The normalized spacial score (nSPS) is 9.93. The maximum absolute atomic E-state index is 12.8. The van der Waals surface area contributed by atoms with E-state index in [4.69, 9.17) is 5.11 Å². The molecule has 14 heavy (non-hydrogen) atoms. The first-order chi connectivity index (χ1) is 6.65. The Morgan fingerprint density at radius 2 is 2.29 bits per heavy atom. The first-order valence-electron chi connectivity index (χ1n) is 3.88. The average Bonchev–Trinajstić information content (AvgIpc) is 2.18. The second kappa shape index (κ2) is 5.07. The zero-order valence-corrected chi connectivity index (χ0v) is 8.75. The molecule has 1 aromatic carbocycles. The van der Waals surface area contributed by atoms with Crippen molar-refractivity contribution in [2.45, 2.75) is 0 Å². The van der Waals surface area contributed by atoms with E-state index >= 15 is 0 Å². The molecule has 0 unspecified atom stereocenters. The molecule has 0 aliphatic carbocycles. The van der Waals surface area contributed by atoms with Crippen molar-refractivity contribution in [3.63, 3.8) is 0 Å². The fourth-order valence-electron chi connectivity index (χ4n) is 0.870. The van der Waals surface area contributed by atoms with Crippen molar-refractivity contribution in [3.05, 3.63) is 34.1 Å². The Bertz CT molecular complexity index is 341. The Balaban J connectivity index is 2.83. The summed E-state index contributed by atoms with van der Waals surface area (Å²) in [5.41, 5.74) is 0.110. The van der Waals surface area contributed by atoms with Crippen molar-refractivity contribution in [2.24, 2.45) is 0 Å². The van der Waals surface area contributed by atoms with Crippen molar-refractivity contribution < 1.29 is 19.0 Å². The Hall–Kier alpha value is -0.940. The van der Waals surface area contributed by atoms with Crippen LogP contribution in [0.5, 0.6) is 0 Å². The third-order valence-corrected chi connectivity index (χ3v) is 2.16. The van der Waals surface area contributed by atoms with Gasteiger partial charge in [-0.15, -0.1) is 0 Å². The van der Waals surface area contributed by atoms with Crippen LogP contribution in [0.15, 0.2) is 22.7 Å². The van der Waals surface area contributed by atoms with Gasteiger partial charge in [0.15, 0.2) is 0 Å². The summed E-state index contributed by atoms with van der Waals surface area (Å²) in [5, 5.41) is 8.42. The molecule has 0 radical (unpaired) electrons. The second-order valence-corrected chi connectivity index (χ2v) is 3.34. The van der Waals surface area contributed by atoms with E-state index in [9.17, 15) is 9.18 Å². The van der Waals surface area contributed by atoms with Crippen LogP contribution in [0.1, 0.15) is 10.4 Å². The number of aliphatic hydroxyl groups is 1. The van der Waals surface area contributed by atoms with Gasteiger partial charge in [0.1, 0.15) is 12.4 Å². The molecule has 1 rings (SSSR count). The quantitative estimate of drug-likeness (QED) is 0.845. The van der Waals surface area contributed by atoms with Gasteiger partial charge in [0.2, 0.25) is 0 Å². The molecule has 5 heteroatoms. The van der Waals surface area contributed by atoms with E-state index < -0.39 is 11.8 Å². The molecule has 0 spiro atoms. The lowest BCUT2D eigenvalue weighted by Gasteiger charge is -2.04. The number of esters is 1. The molecule has 0 saturated heterocycles. The van der Waals surface area contributed by atoms with Crippen molar-refractivity contribution in [3.8, 4) is 0 Å². The first-order valence-corrected chi connectivity index (χ1v) is 4.67. The second-order valence-electron chi connectivity index (χ2n) is 2.48. The van der Waals surface area contributed by atoms with Crippen LogP contribution >= 0.6 is 15.9 Å². The summed E-state index contributed by atoms with van der Waals surface area (Å²) >= 11 is 3.09. The average molecular weight is 263 g/mol. The Kier molecular flexibility index (Phi) is 4.03. The number of hydrogen-bond donors (Lipinski definition) is 1. The highest BCUT2D eigenvalue weighted by Gasteiger charge is 2.11. The van der Waals surface area contributed by atoms with Crippen molar-refractivity contribution in [1.82, 2.24) is 0 Å². The molecule has 0 atom stereocenters. The Morgan fingerprint density at radius 1 is 1.57 bits per heavy atom. The summed E-state index contributed by atoms with van der Waals surface area (Å²) in [7, 11) is 0. The number of hydrogen-bond acceptors (Lipinski definition) is 3. The number of rotatable bonds is 3. The van der Waals surface area contributed by atoms with E-state index in [1.54, 1.807) is 0 Å². The molecule has 0 aliphatic rings. The minimum absolute atomic E-state index is 0.0954. The number of aliphatic hydroxyl groups excluding tert-OH is 1. The van der Waals surface area contributed by atoms with Gasteiger partial charge in [-0.3, -0.25) is 0 Å². The summed E-state index contributed by atoms with van der Waals surface area (Å²) < 4.78 is 17.8. The van der Waals surface area contributed by atoms with Gasteiger partial charge in [-0.1, -0.05) is 0 Å². The largest absolute Gasteiger partial charge is 0.460 e. The smallest absolute Gasteiger partial charge is 0.339 e. The van der Waals surface area contributed by atoms with E-state index in [0.717, 1.165) is 6.07 Å². The molecule has 1 aromatic rings. The molecule has 0 aromatic heterocycles. The van der Waals surface area contributed by atoms with Crippen LogP contribution in [0.3, 0.4) is 0 Å². The van der Waals surface area contributed by atoms with Crippen molar-refractivity contribution in [2.75, 3.05) is 13.2 Å². The Labute approximate surface area is 88.6 Å². The fourth-order valence-corrected chi connectivity index (χ4v) is 1.28. The van der Waals surface area contributed by atoms with Gasteiger partial charge < -0.3 is 9.84 Å².